The molecule has 2 heterocycles. The maximum Gasteiger partial charge on any atom is 0.250 e. The summed E-state index contributed by atoms with van der Waals surface area (Å²) >= 11 is 0. The molecule has 1 atom stereocenters. The quantitative estimate of drug-likeness (QED) is 0.763. The smallest absolute Gasteiger partial charge is 0.250 e. The Labute approximate surface area is 100 Å². The zero-order valence-corrected chi connectivity index (χ0v) is 9.93. The lowest BCUT2D eigenvalue weighted by molar-refractivity contribution is -0.133. The summed E-state index contributed by atoms with van der Waals surface area (Å²) in [7, 11) is 0. The summed E-state index contributed by atoms with van der Waals surface area (Å²) in [6, 6.07) is 5.22. The molecule has 1 aromatic heterocycles. The number of nitrogens with one attached hydrogen (secondary N) is 1. The molecule has 1 N–H and O–H groups in total. The molecule has 17 heavy (non-hydrogen) atoms. The topological polar surface area (TPSA) is 54.3 Å². The molecule has 1 aromatic rings. The number of rotatable bonds is 2. The van der Waals surface area contributed by atoms with Crippen molar-refractivity contribution in [3.05, 3.63) is 34.7 Å². The van der Waals surface area contributed by atoms with Gasteiger partial charge in [-0.3, -0.25) is 9.59 Å². The molecule has 0 spiro atoms. The first kappa shape index (κ1) is 11.9. The first-order chi connectivity index (χ1) is 8.16. The summed E-state index contributed by atoms with van der Waals surface area (Å²) in [6.07, 6.45) is 1.64. The van der Waals surface area contributed by atoms with Crippen molar-refractivity contribution in [2.75, 3.05) is 19.6 Å². The predicted molar refractivity (Wildman–Crippen MR) is 64.7 cm³/mol. The molecule has 0 aromatic carbocycles. The Morgan fingerprint density at radius 3 is 3.06 bits per heavy atom. The summed E-state index contributed by atoms with van der Waals surface area (Å²) in [4.78, 5) is 25.3. The molecule has 0 saturated carbocycles. The van der Waals surface area contributed by atoms with Gasteiger partial charge in [0.15, 0.2) is 0 Å². The van der Waals surface area contributed by atoms with E-state index in [2.05, 4.69) is 5.32 Å². The Balaban J connectivity index is 2.02. The summed E-state index contributed by atoms with van der Waals surface area (Å²) < 4.78 is 1.44. The lowest BCUT2D eigenvalue weighted by Crippen LogP contribution is -2.52. The van der Waals surface area contributed by atoms with E-state index < -0.39 is 0 Å². The van der Waals surface area contributed by atoms with Crippen LogP contribution < -0.4 is 10.9 Å². The number of carbonyl (C=O) groups is 1. The highest BCUT2D eigenvalue weighted by molar-refractivity contribution is 5.76. The third-order valence-electron chi connectivity index (χ3n) is 2.93. The van der Waals surface area contributed by atoms with Crippen molar-refractivity contribution in [3.63, 3.8) is 0 Å². The normalized spacial score (nSPS) is 20.3. The number of amides is 1. The van der Waals surface area contributed by atoms with E-state index in [4.69, 9.17) is 0 Å². The molecule has 1 amide bonds. The van der Waals surface area contributed by atoms with E-state index in [1.165, 1.54) is 10.6 Å². The van der Waals surface area contributed by atoms with Gasteiger partial charge in [-0.05, 0) is 13.0 Å². The van der Waals surface area contributed by atoms with Gasteiger partial charge in [0.1, 0.15) is 6.54 Å². The largest absolute Gasteiger partial charge is 0.338 e. The van der Waals surface area contributed by atoms with Crippen LogP contribution in [0.5, 0.6) is 0 Å². The van der Waals surface area contributed by atoms with E-state index in [1.54, 1.807) is 23.2 Å². The van der Waals surface area contributed by atoms with Crippen LogP contribution in [-0.4, -0.2) is 41.1 Å². The van der Waals surface area contributed by atoms with Gasteiger partial charge in [0.25, 0.3) is 5.56 Å². The van der Waals surface area contributed by atoms with Gasteiger partial charge in [0, 0.05) is 37.9 Å². The zero-order chi connectivity index (χ0) is 12.3. The number of piperazine rings is 1. The van der Waals surface area contributed by atoms with E-state index in [0.29, 0.717) is 19.1 Å². The van der Waals surface area contributed by atoms with Crippen LogP contribution in [0.1, 0.15) is 6.92 Å². The molecule has 0 bridgehead atoms. The van der Waals surface area contributed by atoms with Gasteiger partial charge in [0.2, 0.25) is 5.91 Å². The molecule has 5 nitrogen and oxygen atoms in total. The summed E-state index contributed by atoms with van der Waals surface area (Å²) in [5.41, 5.74) is -0.135. The number of carbonyl (C=O) groups excluding carboxylic acids is 1. The van der Waals surface area contributed by atoms with Crippen molar-refractivity contribution < 1.29 is 4.79 Å². The highest BCUT2D eigenvalue weighted by Gasteiger charge is 2.20. The van der Waals surface area contributed by atoms with Crippen LogP contribution in [0, 0.1) is 0 Å². The predicted octanol–water partition coefficient (Wildman–Crippen LogP) is -0.331. The van der Waals surface area contributed by atoms with Crippen LogP contribution in [0.3, 0.4) is 0 Å². The molecule has 1 aliphatic heterocycles. The Bertz CT molecular complexity index is 455. The fraction of sp³-hybridized carbons (Fsp3) is 0.500. The van der Waals surface area contributed by atoms with Crippen LogP contribution in [0.4, 0.5) is 0 Å². The van der Waals surface area contributed by atoms with Gasteiger partial charge < -0.3 is 14.8 Å². The van der Waals surface area contributed by atoms with Crippen molar-refractivity contribution in [1.29, 1.82) is 0 Å². The highest BCUT2D eigenvalue weighted by Crippen LogP contribution is 2.00. The summed E-state index contributed by atoms with van der Waals surface area (Å²) in [6.45, 7) is 4.42. The number of pyridine rings is 1. The Kier molecular flexibility index (Phi) is 3.58. The van der Waals surface area contributed by atoms with Crippen LogP contribution in [-0.2, 0) is 11.3 Å². The Morgan fingerprint density at radius 1 is 1.53 bits per heavy atom. The lowest BCUT2D eigenvalue weighted by Gasteiger charge is -2.32. The SMILES string of the molecule is C[C@H]1CN(C(=O)Cn2ccccc2=O)CCN1. The maximum absolute atomic E-state index is 12.0. The fourth-order valence-corrected chi connectivity index (χ4v) is 2.00. The first-order valence-corrected chi connectivity index (χ1v) is 5.83. The first-order valence-electron chi connectivity index (χ1n) is 5.83. The van der Waals surface area contributed by atoms with Crippen LogP contribution in [0.2, 0.25) is 0 Å². The van der Waals surface area contributed by atoms with Crippen LogP contribution >= 0.6 is 0 Å². The van der Waals surface area contributed by atoms with Crippen molar-refractivity contribution in [2.45, 2.75) is 19.5 Å². The molecular weight excluding hydrogens is 218 g/mol. The van der Waals surface area contributed by atoms with E-state index in [9.17, 15) is 9.59 Å². The third kappa shape index (κ3) is 2.94. The van der Waals surface area contributed by atoms with E-state index in [0.717, 1.165) is 6.54 Å². The molecule has 1 aliphatic rings. The molecular formula is C12H17N3O2. The van der Waals surface area contributed by atoms with Gasteiger partial charge in [-0.15, -0.1) is 0 Å². The average molecular weight is 235 g/mol. The van der Waals surface area contributed by atoms with Gasteiger partial charge in [-0.2, -0.15) is 0 Å². The van der Waals surface area contributed by atoms with Crippen LogP contribution in [0.15, 0.2) is 29.2 Å². The third-order valence-corrected chi connectivity index (χ3v) is 2.93. The zero-order valence-electron chi connectivity index (χ0n) is 9.93. The second-order valence-corrected chi connectivity index (χ2v) is 4.36. The van der Waals surface area contributed by atoms with E-state index in [-0.39, 0.29) is 18.0 Å². The van der Waals surface area contributed by atoms with Crippen molar-refractivity contribution in [2.24, 2.45) is 0 Å². The van der Waals surface area contributed by atoms with Gasteiger partial charge >= 0.3 is 0 Å². The van der Waals surface area contributed by atoms with Crippen LogP contribution in [0.25, 0.3) is 0 Å². The monoisotopic (exact) mass is 235 g/mol. The molecule has 92 valence electrons. The maximum atomic E-state index is 12.0. The standard InChI is InChI=1S/C12H17N3O2/c1-10-8-15(7-5-13-10)12(17)9-14-6-3-2-4-11(14)16/h2-4,6,10,13H,5,7-9H2,1H3/t10-/m0/s1. The number of hydrogen-bond acceptors (Lipinski definition) is 3. The Morgan fingerprint density at radius 2 is 2.35 bits per heavy atom. The minimum Gasteiger partial charge on any atom is -0.338 e. The van der Waals surface area contributed by atoms with Crippen molar-refractivity contribution >= 4 is 5.91 Å². The van der Waals surface area contributed by atoms with Gasteiger partial charge in [-0.1, -0.05) is 6.07 Å². The number of nitrogens with zero attached hydrogens (tertiary/aromatic N) is 2. The molecule has 2 rings (SSSR count). The number of aromatic nitrogens is 1. The molecule has 0 radical (unpaired) electrons. The summed E-state index contributed by atoms with van der Waals surface area (Å²) in [5, 5.41) is 3.28. The Hall–Kier alpha value is -1.62. The minimum absolute atomic E-state index is 0.00616. The minimum atomic E-state index is -0.135. The van der Waals surface area contributed by atoms with Gasteiger partial charge in [-0.25, -0.2) is 0 Å². The molecule has 0 aliphatic carbocycles. The van der Waals surface area contributed by atoms with E-state index in [1.807, 2.05) is 6.92 Å². The second-order valence-electron chi connectivity index (χ2n) is 4.36. The lowest BCUT2D eigenvalue weighted by atomic mass is 10.2. The fourth-order valence-electron chi connectivity index (χ4n) is 2.00. The summed E-state index contributed by atoms with van der Waals surface area (Å²) in [5.74, 6) is 0.00616. The highest BCUT2D eigenvalue weighted by atomic mass is 16.2. The average Bonchev–Trinajstić information content (AvgIpc) is 2.32. The number of hydrogen-bond donors (Lipinski definition) is 1. The van der Waals surface area contributed by atoms with Crippen molar-refractivity contribution in [1.82, 2.24) is 14.8 Å². The molecule has 5 heteroatoms. The molecule has 0 unspecified atom stereocenters. The van der Waals surface area contributed by atoms with E-state index >= 15 is 0 Å². The van der Waals surface area contributed by atoms with Crippen molar-refractivity contribution in [3.8, 4) is 0 Å². The molecule has 1 fully saturated rings. The molecule has 1 saturated heterocycles. The van der Waals surface area contributed by atoms with Gasteiger partial charge in [0.05, 0.1) is 0 Å². The second kappa shape index (κ2) is 5.14.